The van der Waals surface area contributed by atoms with E-state index in [0.717, 1.165) is 6.42 Å². The van der Waals surface area contributed by atoms with E-state index in [-0.39, 0.29) is 21.7 Å². The molecule has 0 atom stereocenters. The molecule has 0 nitrogen and oxygen atoms in total. The molecule has 174 valence electrons. The van der Waals surface area contributed by atoms with Crippen LogP contribution in [0.1, 0.15) is 116 Å². The first-order chi connectivity index (χ1) is 15.0. The summed E-state index contributed by atoms with van der Waals surface area (Å²) in [7, 11) is 0. The van der Waals surface area contributed by atoms with E-state index in [4.69, 9.17) is 0 Å². The highest BCUT2D eigenvalue weighted by atomic mass is 14.5. The summed E-state index contributed by atoms with van der Waals surface area (Å²) in [5, 5.41) is 0. The molecular weight excluding hydrogens is 396 g/mol. The molecule has 0 heteroatoms. The summed E-state index contributed by atoms with van der Waals surface area (Å²) in [6.07, 6.45) is 1.06. The van der Waals surface area contributed by atoms with Gasteiger partial charge >= 0.3 is 0 Å². The fourth-order valence-corrected chi connectivity index (χ4v) is 7.10. The van der Waals surface area contributed by atoms with Crippen LogP contribution in [0, 0.1) is 10.8 Å². The number of allylic oxidation sites excluding steroid dienone is 4. The zero-order valence-electron chi connectivity index (χ0n) is 23.0. The zero-order chi connectivity index (χ0) is 24.5. The predicted octanol–water partition coefficient (Wildman–Crippen LogP) is 9.48. The molecule has 0 amide bonds. The number of hydrogen-bond donors (Lipinski definition) is 0. The van der Waals surface area contributed by atoms with Gasteiger partial charge in [-0.15, -0.1) is 0 Å². The molecule has 33 heavy (non-hydrogen) atoms. The lowest BCUT2D eigenvalue weighted by Gasteiger charge is -2.25. The highest BCUT2D eigenvalue weighted by Gasteiger charge is 2.43. The van der Waals surface area contributed by atoms with Crippen LogP contribution in [-0.2, 0) is 17.3 Å². The van der Waals surface area contributed by atoms with Gasteiger partial charge in [-0.25, -0.2) is 0 Å². The zero-order valence-corrected chi connectivity index (χ0v) is 23.0. The normalized spacial score (nSPS) is 20.2. The second-order valence-corrected chi connectivity index (χ2v) is 14.0. The molecule has 0 unspecified atom stereocenters. The van der Waals surface area contributed by atoms with Crippen molar-refractivity contribution < 1.29 is 0 Å². The van der Waals surface area contributed by atoms with Crippen LogP contribution in [0.25, 0.3) is 22.3 Å². The third-order valence-corrected chi connectivity index (χ3v) is 9.17. The first-order valence-corrected chi connectivity index (χ1v) is 12.8. The number of benzene rings is 2. The van der Waals surface area contributed by atoms with Crippen LogP contribution in [0.3, 0.4) is 0 Å². The van der Waals surface area contributed by atoms with Gasteiger partial charge in [-0.3, -0.25) is 0 Å². The van der Waals surface area contributed by atoms with E-state index in [1.54, 1.807) is 11.1 Å². The summed E-state index contributed by atoms with van der Waals surface area (Å²) in [5.74, 6) is 0. The van der Waals surface area contributed by atoms with Crippen molar-refractivity contribution in [3.8, 4) is 11.1 Å². The summed E-state index contributed by atoms with van der Waals surface area (Å²) in [5.41, 5.74) is 18.6. The largest absolute Gasteiger partial charge is 0.0589 e. The molecule has 0 aliphatic heterocycles. The van der Waals surface area contributed by atoms with Gasteiger partial charge in [0.1, 0.15) is 0 Å². The number of fused-ring (bicyclic) bond motifs is 5. The Morgan fingerprint density at radius 1 is 0.545 bits per heavy atom. The van der Waals surface area contributed by atoms with Crippen LogP contribution in [0.4, 0.5) is 0 Å². The minimum absolute atomic E-state index is 0.102. The maximum atomic E-state index is 2.55. The van der Waals surface area contributed by atoms with Crippen LogP contribution in [-0.4, -0.2) is 0 Å². The second kappa shape index (κ2) is 6.32. The van der Waals surface area contributed by atoms with Gasteiger partial charge in [0.05, 0.1) is 0 Å². The van der Waals surface area contributed by atoms with Crippen LogP contribution in [0.5, 0.6) is 0 Å². The lowest BCUT2D eigenvalue weighted by atomic mass is 9.79. The molecule has 0 bridgehead atoms. The molecule has 0 aromatic heterocycles. The average Bonchev–Trinajstić information content (AvgIpc) is 3.17. The van der Waals surface area contributed by atoms with Gasteiger partial charge in [0, 0.05) is 10.8 Å². The molecule has 0 saturated heterocycles. The van der Waals surface area contributed by atoms with Gasteiger partial charge in [0.15, 0.2) is 0 Å². The van der Waals surface area contributed by atoms with Crippen molar-refractivity contribution in [2.75, 3.05) is 0 Å². The molecule has 0 spiro atoms. The topological polar surface area (TPSA) is 0 Å². The van der Waals surface area contributed by atoms with Gasteiger partial charge in [-0.2, -0.15) is 0 Å². The fraction of sp³-hybridized carbons (Fsp3) is 0.515. The molecule has 0 saturated carbocycles. The highest BCUT2D eigenvalue weighted by Crippen LogP contribution is 2.57. The van der Waals surface area contributed by atoms with Crippen molar-refractivity contribution >= 4 is 11.1 Å². The Morgan fingerprint density at radius 2 is 0.879 bits per heavy atom. The SMILES string of the molecule is CC1=C(C(C)(C)C)c2cc3c(cc2C1(C)C)Cc1cc2c(cc1-3)C(C(C)(C)C)=C(C)C2(C)C. The first-order valence-electron chi connectivity index (χ1n) is 12.8. The van der Waals surface area contributed by atoms with Crippen molar-refractivity contribution in [1.82, 2.24) is 0 Å². The van der Waals surface area contributed by atoms with Crippen LogP contribution < -0.4 is 0 Å². The van der Waals surface area contributed by atoms with Gasteiger partial charge < -0.3 is 0 Å². The van der Waals surface area contributed by atoms with Crippen LogP contribution >= 0.6 is 0 Å². The summed E-state index contributed by atoms with van der Waals surface area (Å²) in [4.78, 5) is 0. The van der Waals surface area contributed by atoms with Crippen molar-refractivity contribution in [3.05, 3.63) is 68.8 Å². The quantitative estimate of drug-likeness (QED) is 0.328. The van der Waals surface area contributed by atoms with Crippen molar-refractivity contribution in [3.63, 3.8) is 0 Å². The van der Waals surface area contributed by atoms with E-state index in [1.165, 1.54) is 55.7 Å². The third kappa shape index (κ3) is 2.88. The highest BCUT2D eigenvalue weighted by molar-refractivity contribution is 5.91. The molecular formula is C33H42. The molecule has 3 aliphatic carbocycles. The molecule has 0 heterocycles. The van der Waals surface area contributed by atoms with Crippen molar-refractivity contribution in [2.24, 2.45) is 10.8 Å². The maximum Gasteiger partial charge on any atom is 0.0115 e. The van der Waals surface area contributed by atoms with Gasteiger partial charge in [-0.05, 0) is 98.9 Å². The van der Waals surface area contributed by atoms with Crippen molar-refractivity contribution in [2.45, 2.75) is 100 Å². The Labute approximate surface area is 202 Å². The first kappa shape index (κ1) is 22.7. The summed E-state index contributed by atoms with van der Waals surface area (Å²) >= 11 is 0. The Bertz CT molecular complexity index is 1190. The van der Waals surface area contributed by atoms with E-state index in [2.05, 4.69) is 107 Å². The van der Waals surface area contributed by atoms with Crippen LogP contribution in [0.2, 0.25) is 0 Å². The average molecular weight is 439 g/mol. The van der Waals surface area contributed by atoms with Crippen LogP contribution in [0.15, 0.2) is 35.4 Å². The minimum Gasteiger partial charge on any atom is -0.0589 e. The van der Waals surface area contributed by atoms with E-state index >= 15 is 0 Å². The van der Waals surface area contributed by atoms with Gasteiger partial charge in [0.25, 0.3) is 0 Å². The third-order valence-electron chi connectivity index (χ3n) is 9.17. The van der Waals surface area contributed by atoms with E-state index in [0.29, 0.717) is 0 Å². The Kier molecular flexibility index (Phi) is 4.35. The van der Waals surface area contributed by atoms with E-state index in [9.17, 15) is 0 Å². The number of rotatable bonds is 0. The lowest BCUT2D eigenvalue weighted by molar-refractivity contribution is 0.557. The fourth-order valence-electron chi connectivity index (χ4n) is 7.10. The molecule has 3 aliphatic rings. The van der Waals surface area contributed by atoms with Gasteiger partial charge in [-0.1, -0.05) is 92.5 Å². The second-order valence-electron chi connectivity index (χ2n) is 14.0. The molecule has 5 rings (SSSR count). The van der Waals surface area contributed by atoms with Gasteiger partial charge in [0.2, 0.25) is 0 Å². The monoisotopic (exact) mass is 438 g/mol. The van der Waals surface area contributed by atoms with E-state index < -0.39 is 0 Å². The summed E-state index contributed by atoms with van der Waals surface area (Å²) in [6, 6.07) is 10.2. The molecule has 2 aromatic rings. The summed E-state index contributed by atoms with van der Waals surface area (Å²) in [6.45, 7) is 28.6. The molecule has 0 radical (unpaired) electrons. The smallest absolute Gasteiger partial charge is 0.0115 e. The predicted molar refractivity (Wildman–Crippen MR) is 145 cm³/mol. The Balaban J connectivity index is 1.76. The summed E-state index contributed by atoms with van der Waals surface area (Å²) < 4.78 is 0. The standard InChI is InChI=1S/C33H42/c1-18-28(30(3,4)5)24-16-22-20(14-26(24)32(18,9)10)13-21-15-27-25(17-23(21)22)29(31(6,7)8)19(2)33(27,11)12/h14-17H,13H2,1-12H3. The minimum atomic E-state index is 0.102. The number of hydrogen-bond acceptors (Lipinski definition) is 0. The molecule has 0 N–H and O–H groups in total. The molecule has 2 aromatic carbocycles. The Hall–Kier alpha value is -2.08. The van der Waals surface area contributed by atoms with E-state index in [1.807, 2.05) is 0 Å². The molecule has 0 fully saturated rings. The van der Waals surface area contributed by atoms with Crippen molar-refractivity contribution in [1.29, 1.82) is 0 Å². The maximum absolute atomic E-state index is 2.55. The lowest BCUT2D eigenvalue weighted by Crippen LogP contribution is -2.16. The Morgan fingerprint density at radius 3 is 1.18 bits per heavy atom.